The van der Waals surface area contributed by atoms with Gasteiger partial charge in [-0.3, -0.25) is 23.9 Å². The van der Waals surface area contributed by atoms with Gasteiger partial charge in [-0.05, 0) is 23.4 Å². The summed E-state index contributed by atoms with van der Waals surface area (Å²) in [5.41, 5.74) is 5.48. The number of hydrogen-bond acceptors (Lipinski definition) is 7. The molecule has 3 rings (SSSR count). The van der Waals surface area contributed by atoms with Crippen molar-refractivity contribution in [1.29, 1.82) is 0 Å². The molecule has 11 heteroatoms. The van der Waals surface area contributed by atoms with Gasteiger partial charge in [0.25, 0.3) is 11.5 Å². The van der Waals surface area contributed by atoms with Crippen LogP contribution < -0.4 is 27.2 Å². The molecule has 0 fully saturated rings. The zero-order valence-electron chi connectivity index (χ0n) is 18.8. The van der Waals surface area contributed by atoms with Crippen LogP contribution in [0.4, 0.5) is 11.5 Å². The molecule has 2 heterocycles. The van der Waals surface area contributed by atoms with Crippen LogP contribution in [0.2, 0.25) is 0 Å². The Labute approximate surface area is 200 Å². The zero-order valence-corrected chi connectivity index (χ0v) is 19.6. The maximum Gasteiger partial charge on any atom is 0.330 e. The van der Waals surface area contributed by atoms with Crippen molar-refractivity contribution in [3.05, 3.63) is 79.1 Å². The van der Waals surface area contributed by atoms with Crippen LogP contribution in [0.5, 0.6) is 0 Å². The molecule has 0 spiro atoms. The molecule has 0 aliphatic carbocycles. The number of aromatic nitrogens is 2. The number of amides is 2. The van der Waals surface area contributed by atoms with Crippen molar-refractivity contribution in [2.75, 3.05) is 30.9 Å². The van der Waals surface area contributed by atoms with Gasteiger partial charge in [-0.25, -0.2) is 4.79 Å². The molecule has 10 nitrogen and oxygen atoms in total. The minimum absolute atomic E-state index is 0.0631. The van der Waals surface area contributed by atoms with Gasteiger partial charge in [-0.15, -0.1) is 11.3 Å². The van der Waals surface area contributed by atoms with Crippen molar-refractivity contribution < 1.29 is 14.3 Å². The second-order valence-corrected chi connectivity index (χ2v) is 8.39. The lowest BCUT2D eigenvalue weighted by atomic mass is 10.1. The zero-order chi connectivity index (χ0) is 24.5. The van der Waals surface area contributed by atoms with Gasteiger partial charge in [0.2, 0.25) is 5.91 Å². The third kappa shape index (κ3) is 6.21. The van der Waals surface area contributed by atoms with E-state index < -0.39 is 11.2 Å². The molecule has 0 saturated carbocycles. The largest absolute Gasteiger partial charge is 0.383 e. The number of carbonyl (C=O) groups is 2. The lowest BCUT2D eigenvalue weighted by Crippen LogP contribution is -2.41. The first-order chi connectivity index (χ1) is 16.4. The van der Waals surface area contributed by atoms with E-state index in [0.29, 0.717) is 17.8 Å². The Kier molecular flexibility index (Phi) is 8.77. The first-order valence-electron chi connectivity index (χ1n) is 10.7. The summed E-state index contributed by atoms with van der Waals surface area (Å²) < 4.78 is 6.19. The Morgan fingerprint density at radius 1 is 1.18 bits per heavy atom. The van der Waals surface area contributed by atoms with Crippen molar-refractivity contribution in [1.82, 2.24) is 14.9 Å². The van der Waals surface area contributed by atoms with Crippen LogP contribution in [-0.4, -0.2) is 41.6 Å². The summed E-state index contributed by atoms with van der Waals surface area (Å²) in [5, 5.41) is 4.59. The minimum atomic E-state index is -0.744. The standard InChI is InChI=1S/C23H27N5O5S/c1-33-13-12-27-20(24)19(22(31)26-23(27)32)28(15-16-7-3-2-4-8-16)18(29)10-5-11-25-21(30)17-9-6-14-34-17/h2-4,6-9,14H,5,10-13,15,24H2,1H3,(H,25,30)(H,26,31,32). The van der Waals surface area contributed by atoms with Crippen LogP contribution >= 0.6 is 11.3 Å². The van der Waals surface area contributed by atoms with Gasteiger partial charge in [-0.1, -0.05) is 36.4 Å². The fraction of sp³-hybridized carbons (Fsp3) is 0.304. The van der Waals surface area contributed by atoms with Gasteiger partial charge < -0.3 is 20.7 Å². The van der Waals surface area contributed by atoms with Crippen LogP contribution in [0.3, 0.4) is 0 Å². The van der Waals surface area contributed by atoms with E-state index >= 15 is 0 Å². The molecule has 0 unspecified atom stereocenters. The number of hydrogen-bond donors (Lipinski definition) is 3. The van der Waals surface area contributed by atoms with E-state index in [-0.39, 0.29) is 49.4 Å². The molecule has 0 radical (unpaired) electrons. The van der Waals surface area contributed by atoms with E-state index in [4.69, 9.17) is 10.5 Å². The van der Waals surface area contributed by atoms with Gasteiger partial charge in [-0.2, -0.15) is 0 Å². The number of thiophene rings is 1. The predicted octanol–water partition coefficient (Wildman–Crippen LogP) is 1.57. The highest BCUT2D eigenvalue weighted by Crippen LogP contribution is 2.21. The van der Waals surface area contributed by atoms with Gasteiger partial charge in [0, 0.05) is 20.1 Å². The van der Waals surface area contributed by atoms with Gasteiger partial charge >= 0.3 is 5.69 Å². The Morgan fingerprint density at radius 2 is 1.94 bits per heavy atom. The monoisotopic (exact) mass is 485 g/mol. The normalized spacial score (nSPS) is 10.7. The summed E-state index contributed by atoms with van der Waals surface area (Å²) in [6.07, 6.45) is 0.427. The number of nitrogens with one attached hydrogen (secondary N) is 2. The fourth-order valence-corrected chi connectivity index (χ4v) is 4.01. The number of ether oxygens (including phenoxy) is 1. The Bertz CT molecular complexity index is 1220. The molecule has 4 N–H and O–H groups in total. The first kappa shape index (κ1) is 24.9. The lowest BCUT2D eigenvalue weighted by Gasteiger charge is -2.25. The molecule has 1 aromatic carbocycles. The molecular formula is C23H27N5O5S. The molecule has 2 amide bonds. The summed E-state index contributed by atoms with van der Waals surface area (Å²) in [7, 11) is 1.48. The topological polar surface area (TPSA) is 140 Å². The number of nitrogen functional groups attached to an aromatic ring is 1. The highest BCUT2D eigenvalue weighted by atomic mass is 32.1. The maximum absolute atomic E-state index is 13.2. The molecule has 34 heavy (non-hydrogen) atoms. The molecule has 0 aliphatic heterocycles. The minimum Gasteiger partial charge on any atom is -0.383 e. The van der Waals surface area contributed by atoms with E-state index in [9.17, 15) is 19.2 Å². The third-order valence-corrected chi connectivity index (χ3v) is 5.95. The number of carbonyl (C=O) groups excluding carboxylic acids is 2. The number of benzene rings is 1. The summed E-state index contributed by atoms with van der Waals surface area (Å²) in [5.74, 6) is -0.668. The van der Waals surface area contributed by atoms with Crippen molar-refractivity contribution >= 4 is 34.7 Å². The van der Waals surface area contributed by atoms with E-state index in [2.05, 4.69) is 10.3 Å². The average molecular weight is 486 g/mol. The molecule has 2 aromatic heterocycles. The van der Waals surface area contributed by atoms with E-state index in [1.54, 1.807) is 12.1 Å². The van der Waals surface area contributed by atoms with E-state index in [1.807, 2.05) is 35.7 Å². The summed E-state index contributed by atoms with van der Waals surface area (Å²) >= 11 is 1.33. The van der Waals surface area contributed by atoms with Crippen molar-refractivity contribution in [2.24, 2.45) is 0 Å². The number of aromatic amines is 1. The van der Waals surface area contributed by atoms with Crippen molar-refractivity contribution in [3.8, 4) is 0 Å². The maximum atomic E-state index is 13.2. The van der Waals surface area contributed by atoms with Crippen LogP contribution in [0.15, 0.2) is 57.4 Å². The lowest BCUT2D eigenvalue weighted by molar-refractivity contribution is -0.118. The molecule has 180 valence electrons. The highest BCUT2D eigenvalue weighted by molar-refractivity contribution is 7.12. The van der Waals surface area contributed by atoms with Gasteiger partial charge in [0.1, 0.15) is 5.82 Å². The second kappa shape index (κ2) is 12.0. The summed E-state index contributed by atoms with van der Waals surface area (Å²) in [6, 6.07) is 12.7. The highest BCUT2D eigenvalue weighted by Gasteiger charge is 2.24. The van der Waals surface area contributed by atoms with Crippen molar-refractivity contribution in [2.45, 2.75) is 25.9 Å². The molecule has 0 saturated heterocycles. The second-order valence-electron chi connectivity index (χ2n) is 7.44. The predicted molar refractivity (Wildman–Crippen MR) is 131 cm³/mol. The van der Waals surface area contributed by atoms with Crippen LogP contribution in [-0.2, 0) is 22.6 Å². The molecule has 0 bridgehead atoms. The quantitative estimate of drug-likeness (QED) is 0.352. The molecule has 0 aliphatic rings. The summed E-state index contributed by atoms with van der Waals surface area (Å²) in [4.78, 5) is 54.5. The van der Waals surface area contributed by atoms with Crippen molar-refractivity contribution in [3.63, 3.8) is 0 Å². The molecule has 0 atom stereocenters. The number of H-pyrrole nitrogens is 1. The summed E-state index contributed by atoms with van der Waals surface area (Å²) in [6.45, 7) is 0.705. The Balaban J connectivity index is 1.81. The smallest absolute Gasteiger partial charge is 0.330 e. The van der Waals surface area contributed by atoms with Gasteiger partial charge in [0.15, 0.2) is 5.69 Å². The number of anilines is 2. The number of methoxy groups -OCH3 is 1. The number of nitrogens with zero attached hydrogens (tertiary/aromatic N) is 2. The van der Waals surface area contributed by atoms with E-state index in [1.165, 1.54) is 27.9 Å². The van der Waals surface area contributed by atoms with Crippen LogP contribution in [0.25, 0.3) is 0 Å². The average Bonchev–Trinajstić information content (AvgIpc) is 3.36. The van der Waals surface area contributed by atoms with Gasteiger partial charge in [0.05, 0.1) is 24.6 Å². The molecule has 3 aromatic rings. The molecular weight excluding hydrogens is 458 g/mol. The first-order valence-corrected chi connectivity index (χ1v) is 11.6. The fourth-order valence-electron chi connectivity index (χ4n) is 3.37. The third-order valence-electron chi connectivity index (χ3n) is 5.09. The van der Waals surface area contributed by atoms with E-state index in [0.717, 1.165) is 5.56 Å². The number of rotatable bonds is 11. The number of nitrogens with two attached hydrogens (primary N) is 1. The Hall–Kier alpha value is -3.70. The Morgan fingerprint density at radius 3 is 2.62 bits per heavy atom. The van der Waals surface area contributed by atoms with Crippen LogP contribution in [0.1, 0.15) is 28.1 Å². The van der Waals surface area contributed by atoms with Crippen LogP contribution in [0, 0.1) is 0 Å². The SMILES string of the molecule is COCCn1c(N)c(N(Cc2ccccc2)C(=O)CCCNC(=O)c2cccs2)c(=O)[nH]c1=O.